The van der Waals surface area contributed by atoms with Crippen LogP contribution in [0.1, 0.15) is 55.5 Å². The zero-order chi connectivity index (χ0) is 16.5. The Hall–Kier alpha value is -2.23. The summed E-state index contributed by atoms with van der Waals surface area (Å²) in [5.74, 6) is 0.392. The number of hydrogen-bond donors (Lipinski definition) is 0. The summed E-state index contributed by atoms with van der Waals surface area (Å²) in [4.78, 5) is 20.6. The van der Waals surface area contributed by atoms with Crippen LogP contribution in [0.4, 0.5) is 0 Å². The number of aryl methyl sites for hydroxylation is 1. The molecule has 0 saturated carbocycles. The van der Waals surface area contributed by atoms with Crippen LogP contribution in [0, 0.1) is 0 Å². The van der Waals surface area contributed by atoms with E-state index in [0.29, 0.717) is 18.0 Å². The number of unbranched alkanes of at least 4 members (excludes halogenated alkanes) is 2. The molecule has 1 aromatic carbocycles. The highest BCUT2D eigenvalue weighted by Gasteiger charge is 2.08. The van der Waals surface area contributed by atoms with Crippen molar-refractivity contribution in [3.63, 3.8) is 0 Å². The van der Waals surface area contributed by atoms with Gasteiger partial charge in [0, 0.05) is 18.0 Å². The Morgan fingerprint density at radius 1 is 1.00 bits per heavy atom. The molecule has 4 nitrogen and oxygen atoms in total. The maximum atomic E-state index is 11.8. The molecule has 0 spiro atoms. The molecule has 0 saturated heterocycles. The lowest BCUT2D eigenvalue weighted by Crippen LogP contribution is -2.05. The first-order valence-electron chi connectivity index (χ1n) is 8.33. The summed E-state index contributed by atoms with van der Waals surface area (Å²) >= 11 is 0. The smallest absolute Gasteiger partial charge is 0.338 e. The van der Waals surface area contributed by atoms with E-state index in [-0.39, 0.29) is 5.97 Å². The van der Waals surface area contributed by atoms with Crippen molar-refractivity contribution in [3.8, 4) is 11.4 Å². The van der Waals surface area contributed by atoms with Crippen LogP contribution in [-0.2, 0) is 11.2 Å². The largest absolute Gasteiger partial charge is 0.462 e. The molecule has 0 unspecified atom stereocenters. The average Bonchev–Trinajstić information content (AvgIpc) is 2.61. The highest BCUT2D eigenvalue weighted by Crippen LogP contribution is 2.16. The van der Waals surface area contributed by atoms with E-state index in [1.165, 1.54) is 24.8 Å². The van der Waals surface area contributed by atoms with Gasteiger partial charge in [-0.1, -0.05) is 38.8 Å². The van der Waals surface area contributed by atoms with Gasteiger partial charge >= 0.3 is 5.97 Å². The first-order valence-corrected chi connectivity index (χ1v) is 8.33. The molecule has 0 radical (unpaired) electrons. The highest BCUT2D eigenvalue weighted by molar-refractivity contribution is 5.89. The van der Waals surface area contributed by atoms with Crippen LogP contribution in [0.5, 0.6) is 0 Å². The summed E-state index contributed by atoms with van der Waals surface area (Å²) in [6.45, 7) is 4.62. The molecule has 4 heteroatoms. The van der Waals surface area contributed by atoms with Gasteiger partial charge in [-0.2, -0.15) is 0 Å². The van der Waals surface area contributed by atoms with E-state index in [0.717, 1.165) is 18.4 Å². The molecule has 0 aliphatic rings. The number of ether oxygens (including phenoxy) is 1. The Labute approximate surface area is 137 Å². The zero-order valence-electron chi connectivity index (χ0n) is 13.9. The lowest BCUT2D eigenvalue weighted by molar-refractivity contribution is 0.0505. The number of carbonyl (C=O) groups is 1. The third-order valence-corrected chi connectivity index (χ3v) is 3.59. The molecular formula is C19H24N2O2. The molecule has 2 rings (SSSR count). The van der Waals surface area contributed by atoms with Gasteiger partial charge in [0.05, 0.1) is 12.2 Å². The molecule has 0 bridgehead atoms. The average molecular weight is 312 g/mol. The number of nitrogens with zero attached hydrogens (tertiary/aromatic N) is 2. The topological polar surface area (TPSA) is 52.1 Å². The Morgan fingerprint density at radius 2 is 1.70 bits per heavy atom. The summed E-state index contributed by atoms with van der Waals surface area (Å²) in [5, 5.41) is 0. The highest BCUT2D eigenvalue weighted by atomic mass is 16.5. The number of benzene rings is 1. The molecule has 0 aliphatic heterocycles. The van der Waals surface area contributed by atoms with Crippen molar-refractivity contribution in [3.05, 3.63) is 47.8 Å². The molecule has 2 aromatic rings. The van der Waals surface area contributed by atoms with E-state index in [9.17, 15) is 4.79 Å². The van der Waals surface area contributed by atoms with Crippen LogP contribution in [-0.4, -0.2) is 22.5 Å². The minimum Gasteiger partial charge on any atom is -0.462 e. The van der Waals surface area contributed by atoms with Gasteiger partial charge in [-0.3, -0.25) is 0 Å². The van der Waals surface area contributed by atoms with E-state index in [1.807, 2.05) is 31.5 Å². The minimum absolute atomic E-state index is 0.286. The van der Waals surface area contributed by atoms with E-state index in [4.69, 9.17) is 4.74 Å². The summed E-state index contributed by atoms with van der Waals surface area (Å²) in [6, 6.07) is 7.22. The van der Waals surface area contributed by atoms with Crippen molar-refractivity contribution in [2.24, 2.45) is 0 Å². The maximum Gasteiger partial charge on any atom is 0.338 e. The third kappa shape index (κ3) is 5.16. The van der Waals surface area contributed by atoms with Gasteiger partial charge in [-0.15, -0.1) is 0 Å². The fourth-order valence-corrected chi connectivity index (χ4v) is 2.25. The van der Waals surface area contributed by atoms with Gasteiger partial charge in [0.25, 0.3) is 0 Å². The van der Waals surface area contributed by atoms with Crippen LogP contribution in [0.25, 0.3) is 11.4 Å². The van der Waals surface area contributed by atoms with Crippen LogP contribution in [0.2, 0.25) is 0 Å². The van der Waals surface area contributed by atoms with Crippen LogP contribution in [0.3, 0.4) is 0 Å². The lowest BCUT2D eigenvalue weighted by atomic mass is 10.1. The minimum atomic E-state index is -0.286. The molecule has 0 N–H and O–H groups in total. The van der Waals surface area contributed by atoms with Crippen molar-refractivity contribution in [1.82, 2.24) is 9.97 Å². The summed E-state index contributed by atoms with van der Waals surface area (Å²) in [7, 11) is 0. The van der Waals surface area contributed by atoms with E-state index in [1.54, 1.807) is 12.1 Å². The molecule has 0 atom stereocenters. The van der Waals surface area contributed by atoms with Crippen LogP contribution < -0.4 is 0 Å². The first kappa shape index (κ1) is 17.1. The normalized spacial score (nSPS) is 10.5. The van der Waals surface area contributed by atoms with Gasteiger partial charge in [0.15, 0.2) is 5.82 Å². The second kappa shape index (κ2) is 9.03. The van der Waals surface area contributed by atoms with E-state index < -0.39 is 0 Å². The molecule has 1 heterocycles. The molecule has 23 heavy (non-hydrogen) atoms. The van der Waals surface area contributed by atoms with Gasteiger partial charge in [0.1, 0.15) is 0 Å². The monoisotopic (exact) mass is 312 g/mol. The van der Waals surface area contributed by atoms with Gasteiger partial charge in [-0.25, -0.2) is 14.8 Å². The van der Waals surface area contributed by atoms with Crippen molar-refractivity contribution in [2.45, 2.75) is 46.0 Å². The Kier molecular flexibility index (Phi) is 6.73. The number of hydrogen-bond acceptors (Lipinski definition) is 4. The van der Waals surface area contributed by atoms with E-state index >= 15 is 0 Å². The summed E-state index contributed by atoms with van der Waals surface area (Å²) in [5.41, 5.74) is 2.62. The molecule has 122 valence electrons. The second-order valence-corrected chi connectivity index (χ2v) is 5.59. The maximum absolute atomic E-state index is 11.8. The second-order valence-electron chi connectivity index (χ2n) is 5.59. The fraction of sp³-hybridized carbons (Fsp3) is 0.421. The number of esters is 1. The Morgan fingerprint density at radius 3 is 2.30 bits per heavy atom. The molecular weight excluding hydrogens is 288 g/mol. The zero-order valence-corrected chi connectivity index (χ0v) is 13.9. The van der Waals surface area contributed by atoms with E-state index in [2.05, 4.69) is 16.9 Å². The first-order chi connectivity index (χ1) is 11.2. The third-order valence-electron chi connectivity index (χ3n) is 3.59. The van der Waals surface area contributed by atoms with Crippen LogP contribution >= 0.6 is 0 Å². The predicted molar refractivity (Wildman–Crippen MR) is 91.3 cm³/mol. The van der Waals surface area contributed by atoms with Gasteiger partial charge in [0.2, 0.25) is 0 Å². The number of aromatic nitrogens is 2. The SMILES string of the molecule is CCCCCc1cnc(-c2ccc(C(=O)OCCC)cc2)nc1. The lowest BCUT2D eigenvalue weighted by Gasteiger charge is -2.05. The molecule has 0 amide bonds. The van der Waals surface area contributed by atoms with Gasteiger partial charge < -0.3 is 4.74 Å². The van der Waals surface area contributed by atoms with Crippen LogP contribution in [0.15, 0.2) is 36.7 Å². The van der Waals surface area contributed by atoms with Crippen molar-refractivity contribution in [2.75, 3.05) is 6.61 Å². The predicted octanol–water partition coefficient (Wildman–Crippen LogP) is 4.44. The number of rotatable bonds is 8. The Bertz CT molecular complexity index is 606. The quantitative estimate of drug-likeness (QED) is 0.534. The standard InChI is InChI=1S/C19H24N2O2/c1-3-5-6-7-15-13-20-18(21-14-15)16-8-10-17(11-9-16)19(22)23-12-4-2/h8-11,13-14H,3-7,12H2,1-2H3. The van der Waals surface area contributed by atoms with Gasteiger partial charge in [-0.05, 0) is 37.0 Å². The van der Waals surface area contributed by atoms with Crippen molar-refractivity contribution in [1.29, 1.82) is 0 Å². The fourth-order valence-electron chi connectivity index (χ4n) is 2.25. The molecule has 1 aromatic heterocycles. The van der Waals surface area contributed by atoms with Crippen molar-refractivity contribution >= 4 is 5.97 Å². The summed E-state index contributed by atoms with van der Waals surface area (Å²) < 4.78 is 5.12. The Balaban J connectivity index is 2.00. The number of carbonyl (C=O) groups excluding carboxylic acids is 1. The summed E-state index contributed by atoms with van der Waals surface area (Å²) in [6.07, 6.45) is 9.25. The van der Waals surface area contributed by atoms with Crippen molar-refractivity contribution < 1.29 is 9.53 Å². The molecule has 0 aliphatic carbocycles. The molecule has 0 fully saturated rings.